The van der Waals surface area contributed by atoms with Crippen molar-refractivity contribution in [2.45, 2.75) is 25.8 Å². The fraction of sp³-hybridized carbons (Fsp3) is 0.409. The van der Waals surface area contributed by atoms with Gasteiger partial charge in [0.25, 0.3) is 0 Å². The third-order valence-electron chi connectivity index (χ3n) is 5.05. The average molecular weight is 368 g/mol. The van der Waals surface area contributed by atoms with E-state index in [4.69, 9.17) is 9.47 Å². The number of carbonyl (C=O) groups excluding carboxylic acids is 1. The van der Waals surface area contributed by atoms with Gasteiger partial charge in [-0.15, -0.1) is 0 Å². The molecule has 0 saturated carbocycles. The van der Waals surface area contributed by atoms with Crippen molar-refractivity contribution in [1.29, 1.82) is 0 Å². The van der Waals surface area contributed by atoms with Crippen LogP contribution in [0, 0.1) is 0 Å². The van der Waals surface area contributed by atoms with E-state index in [2.05, 4.69) is 34.5 Å². The molecule has 0 aliphatic carbocycles. The van der Waals surface area contributed by atoms with Gasteiger partial charge in [-0.3, -0.25) is 9.69 Å². The van der Waals surface area contributed by atoms with Crippen LogP contribution < -0.4 is 14.8 Å². The lowest BCUT2D eigenvalue weighted by Gasteiger charge is -2.28. The van der Waals surface area contributed by atoms with Crippen LogP contribution in [-0.2, 0) is 24.2 Å². The maximum absolute atomic E-state index is 12.2. The second-order valence-electron chi connectivity index (χ2n) is 6.83. The Balaban J connectivity index is 1.39. The van der Waals surface area contributed by atoms with E-state index in [0.717, 1.165) is 38.0 Å². The first-order valence-corrected chi connectivity index (χ1v) is 9.46. The molecule has 1 aliphatic heterocycles. The number of benzene rings is 2. The summed E-state index contributed by atoms with van der Waals surface area (Å²) in [5.74, 6) is 1.54. The first-order valence-electron chi connectivity index (χ1n) is 9.46. The quantitative estimate of drug-likeness (QED) is 0.778. The summed E-state index contributed by atoms with van der Waals surface area (Å²) in [5.41, 5.74) is 3.94. The molecule has 5 heteroatoms. The van der Waals surface area contributed by atoms with Crippen molar-refractivity contribution in [3.8, 4) is 11.5 Å². The lowest BCUT2D eigenvalue weighted by Crippen LogP contribution is -2.35. The van der Waals surface area contributed by atoms with Crippen LogP contribution in [0.3, 0.4) is 0 Å². The van der Waals surface area contributed by atoms with Gasteiger partial charge >= 0.3 is 0 Å². The molecule has 0 saturated heterocycles. The van der Waals surface area contributed by atoms with Crippen molar-refractivity contribution in [3.63, 3.8) is 0 Å². The van der Waals surface area contributed by atoms with Crippen LogP contribution in [0.25, 0.3) is 0 Å². The van der Waals surface area contributed by atoms with Gasteiger partial charge in [0.15, 0.2) is 11.5 Å². The predicted molar refractivity (Wildman–Crippen MR) is 106 cm³/mol. The molecule has 0 fully saturated rings. The normalized spacial score (nSPS) is 13.7. The molecule has 0 unspecified atom stereocenters. The van der Waals surface area contributed by atoms with Gasteiger partial charge in [-0.05, 0) is 41.7 Å². The molecule has 3 rings (SSSR count). The number of hydrogen-bond acceptors (Lipinski definition) is 4. The third kappa shape index (κ3) is 5.23. The second kappa shape index (κ2) is 9.42. The minimum Gasteiger partial charge on any atom is -0.493 e. The number of fused-ring (bicyclic) bond motifs is 1. The van der Waals surface area contributed by atoms with Gasteiger partial charge in [0.05, 0.1) is 14.2 Å². The van der Waals surface area contributed by atoms with Crippen molar-refractivity contribution in [1.82, 2.24) is 10.2 Å². The maximum atomic E-state index is 12.2. The van der Waals surface area contributed by atoms with Crippen molar-refractivity contribution in [2.75, 3.05) is 33.9 Å². The molecular weight excluding hydrogens is 340 g/mol. The molecule has 0 aromatic heterocycles. The van der Waals surface area contributed by atoms with Gasteiger partial charge in [0, 0.05) is 32.6 Å². The highest BCUT2D eigenvalue weighted by Gasteiger charge is 2.16. The summed E-state index contributed by atoms with van der Waals surface area (Å²) in [4.78, 5) is 14.5. The average Bonchev–Trinajstić information content (AvgIpc) is 2.72. The van der Waals surface area contributed by atoms with E-state index in [9.17, 15) is 4.79 Å². The summed E-state index contributed by atoms with van der Waals surface area (Å²) in [6.45, 7) is 3.39. The van der Waals surface area contributed by atoms with E-state index in [1.807, 2.05) is 18.2 Å². The highest BCUT2D eigenvalue weighted by molar-refractivity contribution is 5.76. The van der Waals surface area contributed by atoms with Gasteiger partial charge in [-0.1, -0.05) is 30.3 Å². The zero-order valence-electron chi connectivity index (χ0n) is 16.2. The predicted octanol–water partition coefficient (Wildman–Crippen LogP) is 2.81. The number of rotatable bonds is 8. The van der Waals surface area contributed by atoms with E-state index in [1.165, 1.54) is 11.1 Å². The summed E-state index contributed by atoms with van der Waals surface area (Å²) in [7, 11) is 3.25. The molecule has 0 bridgehead atoms. The minimum absolute atomic E-state index is 0.106. The van der Waals surface area contributed by atoms with Gasteiger partial charge in [0.1, 0.15) is 0 Å². The van der Waals surface area contributed by atoms with Crippen molar-refractivity contribution in [3.05, 3.63) is 59.2 Å². The standard InChI is InChI=1S/C22H28N2O3/c1-26-20-8-7-17(15-21(20)27-2)9-12-23-22(25)11-14-24-13-10-18-5-3-4-6-19(18)16-24/h3-8,15H,9-14,16H2,1-2H3,(H,23,25). The molecule has 0 atom stereocenters. The fourth-order valence-electron chi connectivity index (χ4n) is 3.48. The molecular formula is C22H28N2O3. The van der Waals surface area contributed by atoms with E-state index >= 15 is 0 Å². The zero-order chi connectivity index (χ0) is 19.1. The van der Waals surface area contributed by atoms with E-state index in [-0.39, 0.29) is 5.91 Å². The summed E-state index contributed by atoms with van der Waals surface area (Å²) in [5, 5.41) is 3.02. The molecule has 5 nitrogen and oxygen atoms in total. The van der Waals surface area contributed by atoms with Crippen molar-refractivity contribution < 1.29 is 14.3 Å². The Morgan fingerprint density at radius 3 is 2.63 bits per heavy atom. The molecule has 2 aromatic carbocycles. The topological polar surface area (TPSA) is 50.8 Å². The molecule has 2 aromatic rings. The lowest BCUT2D eigenvalue weighted by atomic mass is 10.00. The Labute approximate surface area is 161 Å². The Morgan fingerprint density at radius 1 is 1.07 bits per heavy atom. The summed E-state index contributed by atoms with van der Waals surface area (Å²) in [6.07, 6.45) is 2.37. The molecule has 144 valence electrons. The Hall–Kier alpha value is -2.53. The first kappa shape index (κ1) is 19.2. The Kier molecular flexibility index (Phi) is 6.71. The minimum atomic E-state index is 0.106. The molecule has 1 aliphatic rings. The van der Waals surface area contributed by atoms with E-state index in [1.54, 1.807) is 14.2 Å². The van der Waals surface area contributed by atoms with Crippen LogP contribution in [0.1, 0.15) is 23.1 Å². The van der Waals surface area contributed by atoms with Crippen LogP contribution in [-0.4, -0.2) is 44.7 Å². The maximum Gasteiger partial charge on any atom is 0.221 e. The van der Waals surface area contributed by atoms with Crippen LogP contribution in [0.2, 0.25) is 0 Å². The Bertz CT molecular complexity index is 776. The summed E-state index contributed by atoms with van der Waals surface area (Å²) >= 11 is 0. The zero-order valence-corrected chi connectivity index (χ0v) is 16.2. The van der Waals surface area contributed by atoms with Gasteiger partial charge in [-0.25, -0.2) is 0 Å². The number of ether oxygens (including phenoxy) is 2. The van der Waals surface area contributed by atoms with Gasteiger partial charge < -0.3 is 14.8 Å². The van der Waals surface area contributed by atoms with Crippen molar-refractivity contribution >= 4 is 5.91 Å². The number of methoxy groups -OCH3 is 2. The number of nitrogens with one attached hydrogen (secondary N) is 1. The van der Waals surface area contributed by atoms with Crippen LogP contribution in [0.5, 0.6) is 11.5 Å². The summed E-state index contributed by atoms with van der Waals surface area (Å²) < 4.78 is 10.6. The SMILES string of the molecule is COc1ccc(CCNC(=O)CCN2CCc3ccccc3C2)cc1OC. The van der Waals surface area contributed by atoms with Crippen LogP contribution in [0.4, 0.5) is 0 Å². The third-order valence-corrected chi connectivity index (χ3v) is 5.05. The van der Waals surface area contributed by atoms with Crippen molar-refractivity contribution in [2.24, 2.45) is 0 Å². The number of nitrogens with zero attached hydrogens (tertiary/aromatic N) is 1. The van der Waals surface area contributed by atoms with E-state index < -0.39 is 0 Å². The first-order chi connectivity index (χ1) is 13.2. The highest BCUT2D eigenvalue weighted by Crippen LogP contribution is 2.27. The smallest absolute Gasteiger partial charge is 0.221 e. The number of carbonyl (C=O) groups is 1. The Morgan fingerprint density at radius 2 is 1.85 bits per heavy atom. The second-order valence-corrected chi connectivity index (χ2v) is 6.83. The van der Waals surface area contributed by atoms with Gasteiger partial charge in [-0.2, -0.15) is 0 Å². The largest absolute Gasteiger partial charge is 0.493 e. The fourth-order valence-corrected chi connectivity index (χ4v) is 3.48. The molecule has 1 amide bonds. The molecule has 27 heavy (non-hydrogen) atoms. The highest BCUT2D eigenvalue weighted by atomic mass is 16.5. The summed E-state index contributed by atoms with van der Waals surface area (Å²) in [6, 6.07) is 14.4. The molecule has 1 N–H and O–H groups in total. The molecule has 1 heterocycles. The monoisotopic (exact) mass is 368 g/mol. The van der Waals surface area contributed by atoms with E-state index in [0.29, 0.717) is 24.5 Å². The van der Waals surface area contributed by atoms with Crippen LogP contribution >= 0.6 is 0 Å². The van der Waals surface area contributed by atoms with Crippen LogP contribution in [0.15, 0.2) is 42.5 Å². The number of amides is 1. The number of hydrogen-bond donors (Lipinski definition) is 1. The molecule has 0 radical (unpaired) electrons. The lowest BCUT2D eigenvalue weighted by molar-refractivity contribution is -0.121. The molecule has 0 spiro atoms. The van der Waals surface area contributed by atoms with Gasteiger partial charge in [0.2, 0.25) is 5.91 Å².